The lowest BCUT2D eigenvalue weighted by Gasteiger charge is -2.25. The van der Waals surface area contributed by atoms with Gasteiger partial charge >= 0.3 is 0 Å². The molecule has 6 aromatic carbocycles. The third-order valence-electron chi connectivity index (χ3n) is 10.8. The number of nitrogens with zero attached hydrogens (tertiary/aromatic N) is 6. The van der Waals surface area contributed by atoms with E-state index in [-0.39, 0.29) is 13.6 Å². The largest absolute Gasteiger partial charge is 0.339 e. The molecule has 15 rings (SSSR count). The molecule has 18 nitrogen and oxygen atoms in total. The molecule has 4 N–H and O–H groups in total. The Hall–Kier alpha value is -8.68. The lowest BCUT2D eigenvalue weighted by Crippen LogP contribution is -2.45. The van der Waals surface area contributed by atoms with Crippen molar-refractivity contribution < 1.29 is 38.1 Å². The first-order valence-electron chi connectivity index (χ1n) is 21.3. The van der Waals surface area contributed by atoms with Gasteiger partial charge in [0.2, 0.25) is 0 Å². The Morgan fingerprint density at radius 3 is 0.779 bits per heavy atom. The monoisotopic (exact) mass is 910 g/mol. The van der Waals surface area contributed by atoms with Crippen LogP contribution in [0.15, 0.2) is 178 Å². The highest BCUT2D eigenvalue weighted by molar-refractivity contribution is 5.94. The lowest BCUT2D eigenvalue weighted by molar-refractivity contribution is -0.137. The molecule has 6 aromatic rings. The van der Waals surface area contributed by atoms with E-state index in [1.807, 2.05) is 168 Å². The Morgan fingerprint density at radius 2 is 0.544 bits per heavy atom. The number of hydrogen-bond donors (Lipinski definition) is 4. The number of amides is 4. The van der Waals surface area contributed by atoms with Gasteiger partial charge in [0.15, 0.2) is 24.4 Å². The highest BCUT2D eigenvalue weighted by atomic mass is 16.7. The predicted molar refractivity (Wildman–Crippen MR) is 254 cm³/mol. The minimum absolute atomic E-state index is 0.266. The third kappa shape index (κ3) is 10.5. The SMILES string of the molecule is O=C1N/N=C/c2ccc(cc2)N(c2ccccc2)c2ccc(cc2)/C=N/NC(=O)[C@H]2OCO[C@@H]2C(=O)N/N=C/c2ccc(cc2)N(c2ccccc2)c2ccc(cc2)/C=N/NC(=O)[C@H]2OCO[C@H]12. The van der Waals surface area contributed by atoms with Gasteiger partial charge in [0, 0.05) is 34.1 Å². The normalized spacial score (nSPS) is 22.2. The molecule has 2 saturated heterocycles. The van der Waals surface area contributed by atoms with E-state index in [1.54, 1.807) is 0 Å². The average Bonchev–Trinajstić information content (AvgIpc) is 4.09. The maximum Gasteiger partial charge on any atom is 0.272 e. The van der Waals surface area contributed by atoms with Crippen LogP contribution in [0, 0.1) is 0 Å². The molecule has 9 aliphatic heterocycles. The second-order valence-electron chi connectivity index (χ2n) is 15.2. The van der Waals surface area contributed by atoms with Crippen molar-refractivity contribution in [2.75, 3.05) is 23.4 Å². The van der Waals surface area contributed by atoms with Crippen LogP contribution in [0.5, 0.6) is 0 Å². The summed E-state index contributed by atoms with van der Waals surface area (Å²) in [4.78, 5) is 56.6. The first kappa shape index (κ1) is 44.5. The third-order valence-corrected chi connectivity index (χ3v) is 10.8. The quantitative estimate of drug-likeness (QED) is 0.169. The summed E-state index contributed by atoms with van der Waals surface area (Å²) in [6.07, 6.45) is 0.852. The molecule has 4 amide bonds. The summed E-state index contributed by atoms with van der Waals surface area (Å²) < 4.78 is 21.8. The molecule has 340 valence electrons. The summed E-state index contributed by atoms with van der Waals surface area (Å²) in [6.45, 7) is -0.532. The van der Waals surface area contributed by atoms with Crippen LogP contribution in [0.1, 0.15) is 22.3 Å². The van der Waals surface area contributed by atoms with Crippen molar-refractivity contribution in [1.29, 1.82) is 0 Å². The van der Waals surface area contributed by atoms with Gasteiger partial charge in [-0.2, -0.15) is 20.4 Å². The van der Waals surface area contributed by atoms with E-state index in [4.69, 9.17) is 18.9 Å². The minimum atomic E-state index is -1.26. The van der Waals surface area contributed by atoms with Gasteiger partial charge in [-0.3, -0.25) is 19.2 Å². The lowest BCUT2D eigenvalue weighted by atomic mass is 10.1. The van der Waals surface area contributed by atoms with E-state index < -0.39 is 48.0 Å². The van der Waals surface area contributed by atoms with Crippen molar-refractivity contribution in [3.05, 3.63) is 180 Å². The maximum absolute atomic E-state index is 13.1. The van der Waals surface area contributed by atoms with Crippen LogP contribution >= 0.6 is 0 Å². The summed E-state index contributed by atoms with van der Waals surface area (Å²) in [5.74, 6) is -2.66. The fourth-order valence-electron chi connectivity index (χ4n) is 7.40. The number of carbonyl (C=O) groups excluding carboxylic acids is 4. The molecular weight excluding hydrogens is 869 g/mol. The second kappa shape index (κ2) is 21.1. The van der Waals surface area contributed by atoms with E-state index >= 15 is 0 Å². The van der Waals surface area contributed by atoms with Crippen LogP contribution < -0.4 is 31.5 Å². The predicted octanol–water partition coefficient (Wildman–Crippen LogP) is 5.62. The fourth-order valence-corrected chi connectivity index (χ4v) is 7.40. The number of para-hydroxylation sites is 2. The number of carbonyl (C=O) groups is 4. The van der Waals surface area contributed by atoms with Gasteiger partial charge in [0.25, 0.3) is 23.6 Å². The molecule has 2 fully saturated rings. The number of anilines is 6. The number of nitrogens with one attached hydrogen (secondary N) is 4. The molecule has 0 spiro atoms. The molecular formula is C50H42N10O8. The molecule has 18 heteroatoms. The smallest absolute Gasteiger partial charge is 0.272 e. The zero-order chi connectivity index (χ0) is 46.7. The Balaban J connectivity index is 0.962. The topological polar surface area (TPSA) is 209 Å². The summed E-state index contributed by atoms with van der Waals surface area (Å²) in [6, 6.07) is 49.5. The van der Waals surface area contributed by atoms with Gasteiger partial charge in [0.1, 0.15) is 13.6 Å². The van der Waals surface area contributed by atoms with Crippen LogP contribution in [0.25, 0.3) is 0 Å². The zero-order valence-corrected chi connectivity index (χ0v) is 36.0. The number of hydrazone groups is 4. The molecule has 0 unspecified atom stereocenters. The van der Waals surface area contributed by atoms with Crippen LogP contribution in [-0.4, -0.2) is 86.5 Å². The van der Waals surface area contributed by atoms with Crippen LogP contribution in [0.3, 0.4) is 0 Å². The van der Waals surface area contributed by atoms with Crippen molar-refractivity contribution in [3.63, 3.8) is 0 Å². The highest BCUT2D eigenvalue weighted by Gasteiger charge is 2.41. The van der Waals surface area contributed by atoms with Gasteiger partial charge < -0.3 is 28.7 Å². The zero-order valence-electron chi connectivity index (χ0n) is 36.0. The van der Waals surface area contributed by atoms with E-state index in [0.717, 1.165) is 34.1 Å². The van der Waals surface area contributed by atoms with E-state index in [9.17, 15) is 19.2 Å². The van der Waals surface area contributed by atoms with Crippen molar-refractivity contribution in [2.24, 2.45) is 20.4 Å². The summed E-state index contributed by atoms with van der Waals surface area (Å²) in [7, 11) is 0. The highest BCUT2D eigenvalue weighted by Crippen LogP contribution is 2.36. The standard InChI is InChI=1S/C50H42N10O8/c61-47-43-45(67-31-65-43)49(63)57-53-29-35-15-23-41(24-16-35)60(38-9-5-2-6-10-38)42-25-17-36(18-26-42)30-54-58-50(64)46-44(66-32-68-46)48(62)56-52-28-34-13-21-40(22-14-34)59(37-7-3-1-4-8-37)39-19-11-33(12-20-39)27-51-55-47/h1-30,43-46H,31-32H2,(H,55,61)(H,56,62)(H,57,63)(H,58,64)/b51-27+,52-28+,53-29+,54-30+/t43-,44-,45-,46-/m0/s1. The van der Waals surface area contributed by atoms with Crippen LogP contribution in [-0.2, 0) is 38.1 Å². The summed E-state index contributed by atoms with van der Waals surface area (Å²) in [5.41, 5.74) is 17.7. The van der Waals surface area contributed by atoms with Gasteiger partial charge in [-0.05, 0) is 95.1 Å². The molecule has 8 bridgehead atoms. The molecule has 9 aliphatic rings. The van der Waals surface area contributed by atoms with E-state index in [2.05, 4.69) is 42.1 Å². The van der Waals surface area contributed by atoms with Crippen molar-refractivity contribution in [3.8, 4) is 0 Å². The number of rotatable bonds is 2. The number of ether oxygens (including phenoxy) is 4. The molecule has 4 atom stereocenters. The van der Waals surface area contributed by atoms with E-state index in [0.29, 0.717) is 22.3 Å². The maximum atomic E-state index is 13.1. The minimum Gasteiger partial charge on any atom is -0.339 e. The van der Waals surface area contributed by atoms with Gasteiger partial charge in [-0.25, -0.2) is 21.7 Å². The van der Waals surface area contributed by atoms with Gasteiger partial charge in [-0.1, -0.05) is 84.9 Å². The Labute approximate surface area is 389 Å². The van der Waals surface area contributed by atoms with Crippen molar-refractivity contribution in [1.82, 2.24) is 21.7 Å². The van der Waals surface area contributed by atoms with E-state index in [1.165, 1.54) is 24.9 Å². The molecule has 9 heterocycles. The van der Waals surface area contributed by atoms with Crippen LogP contribution in [0.4, 0.5) is 34.1 Å². The van der Waals surface area contributed by atoms with Crippen molar-refractivity contribution in [2.45, 2.75) is 24.4 Å². The Morgan fingerprint density at radius 1 is 0.324 bits per heavy atom. The molecule has 0 radical (unpaired) electrons. The molecule has 0 aliphatic carbocycles. The Kier molecular flexibility index (Phi) is 13.8. The first-order chi connectivity index (χ1) is 33.4. The molecule has 0 saturated carbocycles. The Bertz CT molecular complexity index is 2490. The summed E-state index contributed by atoms with van der Waals surface area (Å²) in [5, 5.41) is 16.4. The summed E-state index contributed by atoms with van der Waals surface area (Å²) >= 11 is 0. The van der Waals surface area contributed by atoms with Crippen molar-refractivity contribution >= 4 is 82.6 Å². The van der Waals surface area contributed by atoms with Gasteiger partial charge in [-0.15, -0.1) is 0 Å². The number of hydrogen-bond acceptors (Lipinski definition) is 14. The average molecular weight is 911 g/mol. The number of benzene rings is 6. The molecule has 68 heavy (non-hydrogen) atoms. The first-order valence-corrected chi connectivity index (χ1v) is 21.3. The fraction of sp³-hybridized carbons (Fsp3) is 0.120. The van der Waals surface area contributed by atoms with Gasteiger partial charge in [0.05, 0.1) is 24.9 Å². The van der Waals surface area contributed by atoms with Crippen LogP contribution in [0.2, 0.25) is 0 Å². The second-order valence-corrected chi connectivity index (χ2v) is 15.2. The molecule has 0 aromatic heterocycles.